The predicted octanol–water partition coefficient (Wildman–Crippen LogP) is 2.55. The van der Waals surface area contributed by atoms with Crippen molar-refractivity contribution >= 4 is 5.97 Å². The van der Waals surface area contributed by atoms with Gasteiger partial charge in [-0.05, 0) is 42.3 Å². The lowest BCUT2D eigenvalue weighted by atomic mass is 9.85. The van der Waals surface area contributed by atoms with E-state index >= 15 is 0 Å². The lowest BCUT2D eigenvalue weighted by Gasteiger charge is -2.26. The Morgan fingerprint density at radius 1 is 1.05 bits per heavy atom. The number of carbonyl (C=O) groups excluding carboxylic acids is 1. The third kappa shape index (κ3) is 2.27. The second-order valence-corrected chi connectivity index (χ2v) is 5.17. The number of fused-ring (bicyclic) bond motifs is 1. The summed E-state index contributed by atoms with van der Waals surface area (Å²) in [7, 11) is 0. The molecule has 0 aliphatic carbocycles. The molecule has 1 unspecified atom stereocenters. The molecule has 0 spiro atoms. The summed E-state index contributed by atoms with van der Waals surface area (Å²) in [5.41, 5.74) is 1.93. The summed E-state index contributed by atoms with van der Waals surface area (Å²) in [5, 5.41) is 29.2. The molecule has 5 nitrogen and oxygen atoms in total. The minimum absolute atomic E-state index is 0.0510. The van der Waals surface area contributed by atoms with E-state index in [1.807, 2.05) is 0 Å². The number of aromatic hydroxyl groups is 3. The van der Waals surface area contributed by atoms with Crippen molar-refractivity contribution in [3.8, 4) is 23.0 Å². The number of aryl methyl sites for hydroxylation is 1. The molecule has 0 saturated heterocycles. The average Bonchev–Trinajstić information content (AvgIpc) is 2.40. The second-order valence-electron chi connectivity index (χ2n) is 5.17. The molecule has 0 aromatic heterocycles. The van der Waals surface area contributed by atoms with E-state index in [-0.39, 0.29) is 23.7 Å². The van der Waals surface area contributed by atoms with Gasteiger partial charge in [0.05, 0.1) is 6.42 Å². The fraction of sp³-hybridized carbons (Fsp3) is 0.188. The molecule has 1 aliphatic rings. The Bertz CT molecular complexity index is 736. The maximum absolute atomic E-state index is 11.8. The summed E-state index contributed by atoms with van der Waals surface area (Å²) in [5.74, 6) is -0.931. The quantitative estimate of drug-likeness (QED) is 0.426. The summed E-state index contributed by atoms with van der Waals surface area (Å²) in [4.78, 5) is 11.8. The topological polar surface area (TPSA) is 87.0 Å². The normalized spacial score (nSPS) is 17.2. The Morgan fingerprint density at radius 3 is 2.52 bits per heavy atom. The lowest BCUT2D eigenvalue weighted by molar-refractivity contribution is -0.135. The summed E-state index contributed by atoms with van der Waals surface area (Å²) >= 11 is 0. The minimum atomic E-state index is -0.423. The van der Waals surface area contributed by atoms with Crippen LogP contribution < -0.4 is 4.74 Å². The maximum Gasteiger partial charge on any atom is 0.312 e. The van der Waals surface area contributed by atoms with Gasteiger partial charge < -0.3 is 20.1 Å². The second kappa shape index (κ2) is 4.70. The van der Waals surface area contributed by atoms with Gasteiger partial charge in [0.2, 0.25) is 0 Å². The molecule has 0 fully saturated rings. The number of rotatable bonds is 1. The first-order valence-electron chi connectivity index (χ1n) is 6.52. The first-order chi connectivity index (χ1) is 9.95. The zero-order valence-electron chi connectivity index (χ0n) is 11.3. The van der Waals surface area contributed by atoms with Gasteiger partial charge in [-0.15, -0.1) is 0 Å². The highest BCUT2D eigenvalue weighted by molar-refractivity contribution is 5.79. The van der Waals surface area contributed by atoms with Gasteiger partial charge in [0, 0.05) is 11.5 Å². The Hall–Kier alpha value is -2.69. The number of hydrogen-bond acceptors (Lipinski definition) is 5. The van der Waals surface area contributed by atoms with E-state index in [0.29, 0.717) is 16.9 Å². The van der Waals surface area contributed by atoms with Gasteiger partial charge in [0.15, 0.2) is 11.5 Å². The molecule has 2 aromatic carbocycles. The number of hydrogen-bond donors (Lipinski definition) is 3. The van der Waals surface area contributed by atoms with Crippen LogP contribution in [0.15, 0.2) is 30.3 Å². The highest BCUT2D eigenvalue weighted by atomic mass is 16.5. The van der Waals surface area contributed by atoms with Crippen LogP contribution in [0.3, 0.4) is 0 Å². The number of carbonyl (C=O) groups is 1. The van der Waals surface area contributed by atoms with Crippen molar-refractivity contribution in [2.45, 2.75) is 19.3 Å². The number of esters is 1. The molecular formula is C16H14O5. The summed E-state index contributed by atoms with van der Waals surface area (Å²) in [6, 6.07) is 7.66. The first-order valence-corrected chi connectivity index (χ1v) is 6.52. The van der Waals surface area contributed by atoms with E-state index in [4.69, 9.17) is 4.74 Å². The largest absolute Gasteiger partial charge is 0.507 e. The van der Waals surface area contributed by atoms with Crippen molar-refractivity contribution in [3.05, 3.63) is 47.0 Å². The maximum atomic E-state index is 11.8. The van der Waals surface area contributed by atoms with Crippen LogP contribution in [-0.2, 0) is 4.79 Å². The van der Waals surface area contributed by atoms with Gasteiger partial charge >= 0.3 is 5.97 Å². The molecule has 0 saturated carbocycles. The molecule has 3 N–H and O–H groups in total. The lowest BCUT2D eigenvalue weighted by Crippen LogP contribution is -2.21. The van der Waals surface area contributed by atoms with E-state index in [0.717, 1.165) is 5.56 Å². The van der Waals surface area contributed by atoms with E-state index < -0.39 is 11.9 Å². The first kappa shape index (κ1) is 13.3. The molecule has 0 radical (unpaired) electrons. The van der Waals surface area contributed by atoms with Crippen molar-refractivity contribution in [2.24, 2.45) is 0 Å². The van der Waals surface area contributed by atoms with Crippen LogP contribution in [0.4, 0.5) is 0 Å². The summed E-state index contributed by atoms with van der Waals surface area (Å²) in [6.45, 7) is 1.80. The third-order valence-corrected chi connectivity index (χ3v) is 3.61. The summed E-state index contributed by atoms with van der Waals surface area (Å²) < 4.78 is 5.19. The molecule has 1 aliphatic heterocycles. The van der Waals surface area contributed by atoms with Crippen molar-refractivity contribution in [2.75, 3.05) is 0 Å². The molecule has 0 amide bonds. The standard InChI is InChI=1S/C16H14O5/c1-8-4-13(19)16-10(7-15(20)21-14(16)5-8)9-2-3-11(17)12(18)6-9/h2-6,10,17-19H,7H2,1H3. The average molecular weight is 286 g/mol. The zero-order chi connectivity index (χ0) is 15.1. The summed E-state index contributed by atoms with van der Waals surface area (Å²) in [6.07, 6.45) is 0.0633. The van der Waals surface area contributed by atoms with Crippen molar-refractivity contribution in [1.82, 2.24) is 0 Å². The van der Waals surface area contributed by atoms with Gasteiger partial charge in [-0.2, -0.15) is 0 Å². The van der Waals surface area contributed by atoms with Gasteiger partial charge in [-0.1, -0.05) is 6.07 Å². The smallest absolute Gasteiger partial charge is 0.312 e. The molecule has 1 atom stereocenters. The Kier molecular flexibility index (Phi) is 2.97. The molecule has 3 rings (SSSR count). The van der Waals surface area contributed by atoms with Crippen LogP contribution in [0.2, 0.25) is 0 Å². The van der Waals surface area contributed by atoms with Gasteiger partial charge in [-0.3, -0.25) is 4.79 Å². The Balaban J connectivity index is 2.16. The number of phenolic OH excluding ortho intramolecular Hbond substituents is 3. The van der Waals surface area contributed by atoms with E-state index in [2.05, 4.69) is 0 Å². The molecule has 108 valence electrons. The molecule has 0 bridgehead atoms. The van der Waals surface area contributed by atoms with Crippen molar-refractivity contribution in [3.63, 3.8) is 0 Å². The molecule has 1 heterocycles. The van der Waals surface area contributed by atoms with E-state index in [1.54, 1.807) is 25.1 Å². The van der Waals surface area contributed by atoms with Crippen molar-refractivity contribution in [1.29, 1.82) is 0 Å². The highest BCUT2D eigenvalue weighted by Crippen LogP contribution is 2.45. The predicted molar refractivity (Wildman–Crippen MR) is 74.7 cm³/mol. The molecular weight excluding hydrogens is 272 g/mol. The molecule has 2 aromatic rings. The number of phenols is 3. The van der Waals surface area contributed by atoms with Crippen LogP contribution >= 0.6 is 0 Å². The molecule has 5 heteroatoms. The zero-order valence-corrected chi connectivity index (χ0v) is 11.3. The van der Waals surface area contributed by atoms with Gasteiger partial charge in [0.25, 0.3) is 0 Å². The number of benzene rings is 2. The van der Waals surface area contributed by atoms with Crippen LogP contribution in [0.1, 0.15) is 29.0 Å². The SMILES string of the molecule is Cc1cc(O)c2c(c1)OC(=O)CC2c1ccc(O)c(O)c1. The fourth-order valence-electron chi connectivity index (χ4n) is 2.66. The van der Waals surface area contributed by atoms with Crippen molar-refractivity contribution < 1.29 is 24.9 Å². The minimum Gasteiger partial charge on any atom is -0.507 e. The van der Waals surface area contributed by atoms with Gasteiger partial charge in [-0.25, -0.2) is 0 Å². The van der Waals surface area contributed by atoms with E-state index in [9.17, 15) is 20.1 Å². The fourth-order valence-corrected chi connectivity index (χ4v) is 2.66. The monoisotopic (exact) mass is 286 g/mol. The Morgan fingerprint density at radius 2 is 1.81 bits per heavy atom. The van der Waals surface area contributed by atoms with Crippen LogP contribution in [0, 0.1) is 6.92 Å². The third-order valence-electron chi connectivity index (χ3n) is 3.61. The van der Waals surface area contributed by atoms with Crippen LogP contribution in [0.5, 0.6) is 23.0 Å². The van der Waals surface area contributed by atoms with Crippen LogP contribution in [-0.4, -0.2) is 21.3 Å². The molecule has 21 heavy (non-hydrogen) atoms. The highest BCUT2D eigenvalue weighted by Gasteiger charge is 2.31. The van der Waals surface area contributed by atoms with Crippen LogP contribution in [0.25, 0.3) is 0 Å². The van der Waals surface area contributed by atoms with E-state index in [1.165, 1.54) is 12.1 Å². The number of ether oxygens (including phenoxy) is 1. The Labute approximate surface area is 121 Å². The van der Waals surface area contributed by atoms with Gasteiger partial charge in [0.1, 0.15) is 11.5 Å².